The standard InChI is InChI=1S/C23H20F3N3O4S/c24-15-3-1-4-18(13-15)29-34(32,33)19-9-7-17(8-10-19)28-22(30)5-2-12-27-23(31)20-11-6-16(25)14-21(20)26/h1,3-4,6-11,13-14,29H,2,5,12H2,(H,27,31)(H,28,30). The van der Waals surface area contributed by atoms with Crippen LogP contribution in [0.5, 0.6) is 0 Å². The second kappa shape index (κ2) is 10.8. The molecule has 34 heavy (non-hydrogen) atoms. The van der Waals surface area contributed by atoms with E-state index in [1.54, 1.807) is 0 Å². The average Bonchev–Trinajstić information content (AvgIpc) is 2.76. The van der Waals surface area contributed by atoms with E-state index < -0.39 is 33.4 Å². The van der Waals surface area contributed by atoms with Crippen molar-refractivity contribution in [3.05, 3.63) is 89.7 Å². The van der Waals surface area contributed by atoms with E-state index in [9.17, 15) is 31.2 Å². The summed E-state index contributed by atoms with van der Waals surface area (Å²) >= 11 is 0. The van der Waals surface area contributed by atoms with Crippen LogP contribution in [0.3, 0.4) is 0 Å². The molecule has 0 aromatic heterocycles. The Bertz CT molecular complexity index is 1300. The summed E-state index contributed by atoms with van der Waals surface area (Å²) in [6, 6.07) is 13.0. The van der Waals surface area contributed by atoms with Crippen molar-refractivity contribution < 1.29 is 31.2 Å². The lowest BCUT2D eigenvalue weighted by atomic mass is 10.2. The molecule has 11 heteroatoms. The van der Waals surface area contributed by atoms with Gasteiger partial charge in [-0.05, 0) is 61.0 Å². The van der Waals surface area contributed by atoms with Crippen molar-refractivity contribution in [2.75, 3.05) is 16.6 Å². The van der Waals surface area contributed by atoms with E-state index in [4.69, 9.17) is 0 Å². The van der Waals surface area contributed by atoms with Crippen molar-refractivity contribution in [3.8, 4) is 0 Å². The average molecular weight is 491 g/mol. The number of amides is 2. The highest BCUT2D eigenvalue weighted by atomic mass is 32.2. The molecule has 0 atom stereocenters. The molecule has 3 aromatic rings. The molecular weight excluding hydrogens is 471 g/mol. The highest BCUT2D eigenvalue weighted by Crippen LogP contribution is 2.19. The lowest BCUT2D eigenvalue weighted by Crippen LogP contribution is -2.26. The van der Waals surface area contributed by atoms with Crippen LogP contribution in [0, 0.1) is 17.5 Å². The Morgan fingerprint density at radius 2 is 1.53 bits per heavy atom. The minimum absolute atomic E-state index is 0.0351. The molecular formula is C23H20F3N3O4S. The summed E-state index contributed by atoms with van der Waals surface area (Å²) in [6.45, 7) is 0.0893. The van der Waals surface area contributed by atoms with Crippen LogP contribution in [0.25, 0.3) is 0 Å². The molecule has 0 aliphatic heterocycles. The summed E-state index contributed by atoms with van der Waals surface area (Å²) in [7, 11) is -3.95. The number of carbonyl (C=O) groups excluding carboxylic acids is 2. The number of halogens is 3. The number of hydrogen-bond acceptors (Lipinski definition) is 4. The minimum Gasteiger partial charge on any atom is -0.352 e. The predicted octanol–water partition coefficient (Wildman–Crippen LogP) is 4.05. The van der Waals surface area contributed by atoms with E-state index in [0.717, 1.165) is 18.2 Å². The summed E-state index contributed by atoms with van der Waals surface area (Å²) in [5.41, 5.74) is 0.131. The second-order valence-electron chi connectivity index (χ2n) is 7.17. The Morgan fingerprint density at radius 3 is 2.21 bits per heavy atom. The van der Waals surface area contributed by atoms with Crippen molar-refractivity contribution >= 4 is 33.2 Å². The van der Waals surface area contributed by atoms with Gasteiger partial charge in [0, 0.05) is 24.7 Å². The molecule has 0 aliphatic carbocycles. The Kier molecular flexibility index (Phi) is 7.90. The fraction of sp³-hybridized carbons (Fsp3) is 0.130. The summed E-state index contributed by atoms with van der Waals surface area (Å²) < 4.78 is 66.8. The molecule has 3 rings (SSSR count). The third kappa shape index (κ3) is 6.82. The van der Waals surface area contributed by atoms with Gasteiger partial charge < -0.3 is 10.6 Å². The first-order valence-corrected chi connectivity index (χ1v) is 11.5. The number of anilines is 2. The number of rotatable bonds is 9. The molecule has 0 spiro atoms. The van der Waals surface area contributed by atoms with E-state index in [1.165, 1.54) is 42.5 Å². The maximum Gasteiger partial charge on any atom is 0.261 e. The molecule has 0 heterocycles. The second-order valence-corrected chi connectivity index (χ2v) is 8.85. The normalized spacial score (nSPS) is 11.0. The van der Waals surface area contributed by atoms with Gasteiger partial charge in [-0.1, -0.05) is 6.07 Å². The highest BCUT2D eigenvalue weighted by molar-refractivity contribution is 7.92. The van der Waals surface area contributed by atoms with E-state index in [-0.39, 0.29) is 41.4 Å². The monoisotopic (exact) mass is 491 g/mol. The van der Waals surface area contributed by atoms with Crippen molar-refractivity contribution in [1.82, 2.24) is 5.32 Å². The molecule has 0 radical (unpaired) electrons. The summed E-state index contributed by atoms with van der Waals surface area (Å²) in [6.07, 6.45) is 0.289. The van der Waals surface area contributed by atoms with Crippen LogP contribution in [0.2, 0.25) is 0 Å². The molecule has 0 bridgehead atoms. The summed E-state index contributed by atoms with van der Waals surface area (Å²) in [4.78, 5) is 23.9. The molecule has 0 fully saturated rings. The van der Waals surface area contributed by atoms with Crippen LogP contribution in [0.4, 0.5) is 24.5 Å². The van der Waals surface area contributed by atoms with Gasteiger partial charge >= 0.3 is 0 Å². The Balaban J connectivity index is 1.46. The van der Waals surface area contributed by atoms with Crippen molar-refractivity contribution in [3.63, 3.8) is 0 Å². The van der Waals surface area contributed by atoms with E-state index in [0.29, 0.717) is 11.8 Å². The number of nitrogens with one attached hydrogen (secondary N) is 3. The SMILES string of the molecule is O=C(CCCNC(=O)c1ccc(F)cc1F)Nc1ccc(S(=O)(=O)Nc2cccc(F)c2)cc1. The molecule has 3 N–H and O–H groups in total. The molecule has 3 aromatic carbocycles. The molecule has 0 unspecified atom stereocenters. The van der Waals surface area contributed by atoms with Gasteiger partial charge in [-0.25, -0.2) is 21.6 Å². The topological polar surface area (TPSA) is 104 Å². The van der Waals surface area contributed by atoms with E-state index in [2.05, 4.69) is 15.4 Å². The largest absolute Gasteiger partial charge is 0.352 e. The zero-order chi connectivity index (χ0) is 24.7. The van der Waals surface area contributed by atoms with Gasteiger partial charge in [0.05, 0.1) is 16.1 Å². The van der Waals surface area contributed by atoms with Gasteiger partial charge in [-0.2, -0.15) is 0 Å². The van der Waals surface area contributed by atoms with Gasteiger partial charge in [0.1, 0.15) is 17.5 Å². The van der Waals surface area contributed by atoms with Gasteiger partial charge in [0.2, 0.25) is 5.91 Å². The molecule has 2 amide bonds. The van der Waals surface area contributed by atoms with Crippen molar-refractivity contribution in [2.45, 2.75) is 17.7 Å². The number of sulfonamides is 1. The minimum atomic E-state index is -3.95. The maximum atomic E-state index is 13.6. The van der Waals surface area contributed by atoms with Crippen LogP contribution in [-0.2, 0) is 14.8 Å². The first-order valence-electron chi connectivity index (χ1n) is 10.1. The third-order valence-electron chi connectivity index (χ3n) is 4.57. The van der Waals surface area contributed by atoms with Crippen molar-refractivity contribution in [1.29, 1.82) is 0 Å². The summed E-state index contributed by atoms with van der Waals surface area (Å²) in [5, 5.41) is 5.04. The quantitative estimate of drug-likeness (QED) is 0.393. The van der Waals surface area contributed by atoms with Crippen LogP contribution < -0.4 is 15.4 Å². The first-order chi connectivity index (χ1) is 16.1. The van der Waals surface area contributed by atoms with Gasteiger partial charge in [-0.15, -0.1) is 0 Å². The van der Waals surface area contributed by atoms with E-state index >= 15 is 0 Å². The van der Waals surface area contributed by atoms with Gasteiger partial charge in [0.15, 0.2) is 0 Å². The third-order valence-corrected chi connectivity index (χ3v) is 5.96. The Labute approximate surface area is 194 Å². The molecule has 0 saturated heterocycles. The van der Waals surface area contributed by atoms with Crippen LogP contribution in [-0.4, -0.2) is 26.8 Å². The number of hydrogen-bond donors (Lipinski definition) is 3. The van der Waals surface area contributed by atoms with Crippen LogP contribution in [0.1, 0.15) is 23.2 Å². The zero-order valence-electron chi connectivity index (χ0n) is 17.6. The zero-order valence-corrected chi connectivity index (χ0v) is 18.5. The summed E-state index contributed by atoms with van der Waals surface area (Å²) in [5.74, 6) is -3.45. The van der Waals surface area contributed by atoms with E-state index in [1.807, 2.05) is 0 Å². The predicted molar refractivity (Wildman–Crippen MR) is 120 cm³/mol. The Hall–Kier alpha value is -3.86. The molecule has 0 aliphatic rings. The Morgan fingerprint density at radius 1 is 0.824 bits per heavy atom. The number of carbonyl (C=O) groups is 2. The molecule has 178 valence electrons. The molecule has 0 saturated carbocycles. The fourth-order valence-electron chi connectivity index (χ4n) is 2.93. The molecule has 7 nitrogen and oxygen atoms in total. The lowest BCUT2D eigenvalue weighted by Gasteiger charge is -2.10. The first kappa shape index (κ1) is 24.8. The van der Waals surface area contributed by atoms with Crippen LogP contribution >= 0.6 is 0 Å². The maximum absolute atomic E-state index is 13.6. The van der Waals surface area contributed by atoms with Gasteiger partial charge in [-0.3, -0.25) is 14.3 Å². The van der Waals surface area contributed by atoms with Crippen molar-refractivity contribution in [2.24, 2.45) is 0 Å². The highest BCUT2D eigenvalue weighted by Gasteiger charge is 2.15. The van der Waals surface area contributed by atoms with Gasteiger partial charge in [0.25, 0.3) is 15.9 Å². The lowest BCUT2D eigenvalue weighted by molar-refractivity contribution is -0.116. The number of benzene rings is 3. The smallest absolute Gasteiger partial charge is 0.261 e. The fourth-order valence-corrected chi connectivity index (χ4v) is 3.98. The van der Waals surface area contributed by atoms with Crippen LogP contribution in [0.15, 0.2) is 71.6 Å².